The number of hydrogen-bond donors (Lipinski definition) is 2. The number of benzene rings is 1. The van der Waals surface area contributed by atoms with Crippen molar-refractivity contribution in [2.75, 3.05) is 6.54 Å². The second-order valence-corrected chi connectivity index (χ2v) is 3.78. The van der Waals surface area contributed by atoms with E-state index in [0.717, 1.165) is 18.5 Å². The Hall–Kier alpha value is -2.06. The minimum Gasteiger partial charge on any atom is -0.408 e. The molecule has 0 atom stereocenters. The minimum absolute atomic E-state index is 0.431. The van der Waals surface area contributed by atoms with Crippen LogP contribution in [0.2, 0.25) is 0 Å². The van der Waals surface area contributed by atoms with Gasteiger partial charge in [0.25, 0.3) is 0 Å². The summed E-state index contributed by atoms with van der Waals surface area (Å²) in [7, 11) is 0. The van der Waals surface area contributed by atoms with Gasteiger partial charge in [0.2, 0.25) is 0 Å². The Kier molecular flexibility index (Phi) is 3.58. The molecule has 0 radical (unpaired) electrons. The largest absolute Gasteiger partial charge is 0.417 e. The van der Waals surface area contributed by atoms with Crippen molar-refractivity contribution in [2.24, 2.45) is 0 Å². The lowest BCUT2D eigenvalue weighted by molar-refractivity contribution is 0.554. The molecule has 2 N–H and O–H groups in total. The molecule has 0 spiro atoms. The van der Waals surface area contributed by atoms with Crippen LogP contribution in [-0.4, -0.2) is 11.5 Å². The number of H-pyrrole nitrogens is 1. The number of nitriles is 1. The molecular formula is C12H13N3O2. The molecule has 0 amide bonds. The highest BCUT2D eigenvalue weighted by atomic mass is 16.4. The van der Waals surface area contributed by atoms with Crippen LogP contribution in [0.5, 0.6) is 0 Å². The highest BCUT2D eigenvalue weighted by Crippen LogP contribution is 2.11. The first-order valence-corrected chi connectivity index (χ1v) is 5.49. The number of fused-ring (bicyclic) bond motifs is 1. The first kappa shape index (κ1) is 11.4. The molecule has 2 aromatic rings. The van der Waals surface area contributed by atoms with Gasteiger partial charge in [-0.3, -0.25) is 4.98 Å². The van der Waals surface area contributed by atoms with Crippen LogP contribution in [0.1, 0.15) is 18.4 Å². The maximum absolute atomic E-state index is 11.0. The first-order chi connectivity index (χ1) is 8.29. The maximum Gasteiger partial charge on any atom is 0.417 e. The Bertz CT molecular complexity index is 592. The lowest BCUT2D eigenvalue weighted by Crippen LogP contribution is -2.14. The molecule has 1 heterocycles. The van der Waals surface area contributed by atoms with Gasteiger partial charge in [-0.05, 0) is 30.7 Å². The van der Waals surface area contributed by atoms with E-state index >= 15 is 0 Å². The molecule has 17 heavy (non-hydrogen) atoms. The molecule has 0 aliphatic carbocycles. The molecule has 0 unspecified atom stereocenters. The predicted octanol–water partition coefficient (Wildman–Crippen LogP) is 1.51. The van der Waals surface area contributed by atoms with Crippen molar-refractivity contribution in [3.05, 3.63) is 34.3 Å². The van der Waals surface area contributed by atoms with Crippen molar-refractivity contribution < 1.29 is 4.42 Å². The zero-order chi connectivity index (χ0) is 12.1. The third-order valence-corrected chi connectivity index (χ3v) is 2.46. The summed E-state index contributed by atoms with van der Waals surface area (Å²) >= 11 is 0. The third-order valence-electron chi connectivity index (χ3n) is 2.46. The van der Waals surface area contributed by atoms with E-state index in [1.807, 2.05) is 18.2 Å². The zero-order valence-electron chi connectivity index (χ0n) is 9.32. The fourth-order valence-electron chi connectivity index (χ4n) is 1.62. The Morgan fingerprint density at radius 2 is 2.35 bits per heavy atom. The first-order valence-electron chi connectivity index (χ1n) is 5.49. The Balaban J connectivity index is 1.95. The van der Waals surface area contributed by atoms with E-state index < -0.39 is 5.76 Å². The van der Waals surface area contributed by atoms with Crippen molar-refractivity contribution in [2.45, 2.75) is 19.4 Å². The maximum atomic E-state index is 11.0. The van der Waals surface area contributed by atoms with Crippen LogP contribution in [-0.2, 0) is 6.54 Å². The van der Waals surface area contributed by atoms with Crippen LogP contribution in [0.4, 0.5) is 0 Å². The number of aromatic amines is 1. The average molecular weight is 231 g/mol. The molecule has 88 valence electrons. The topological polar surface area (TPSA) is 81.8 Å². The average Bonchev–Trinajstić information content (AvgIpc) is 2.68. The van der Waals surface area contributed by atoms with E-state index in [-0.39, 0.29) is 0 Å². The summed E-state index contributed by atoms with van der Waals surface area (Å²) < 4.78 is 4.97. The van der Waals surface area contributed by atoms with Gasteiger partial charge < -0.3 is 9.73 Å². The summed E-state index contributed by atoms with van der Waals surface area (Å²) in [4.78, 5) is 13.6. The van der Waals surface area contributed by atoms with E-state index in [1.165, 1.54) is 0 Å². The second kappa shape index (κ2) is 5.32. The van der Waals surface area contributed by atoms with Gasteiger partial charge in [-0.1, -0.05) is 6.07 Å². The van der Waals surface area contributed by atoms with Crippen LogP contribution in [0.15, 0.2) is 27.4 Å². The molecule has 1 aromatic carbocycles. The molecule has 0 saturated heterocycles. The second-order valence-electron chi connectivity index (χ2n) is 3.78. The van der Waals surface area contributed by atoms with Gasteiger partial charge in [-0.25, -0.2) is 4.79 Å². The smallest absolute Gasteiger partial charge is 0.408 e. The van der Waals surface area contributed by atoms with Crippen LogP contribution in [0.3, 0.4) is 0 Å². The van der Waals surface area contributed by atoms with Gasteiger partial charge in [0.1, 0.15) is 0 Å². The Morgan fingerprint density at radius 1 is 1.47 bits per heavy atom. The quantitative estimate of drug-likeness (QED) is 0.764. The van der Waals surface area contributed by atoms with Gasteiger partial charge in [0, 0.05) is 13.0 Å². The number of nitrogens with zero attached hydrogens (tertiary/aromatic N) is 1. The van der Waals surface area contributed by atoms with Crippen molar-refractivity contribution in [1.82, 2.24) is 10.3 Å². The number of nitrogens with one attached hydrogen (secondary N) is 2. The lowest BCUT2D eigenvalue weighted by Gasteiger charge is -2.02. The standard InChI is InChI=1S/C12H13N3O2/c13-5-1-2-6-14-8-9-3-4-10-11(7-9)17-12(16)15-10/h3-4,7,14H,1-2,6,8H2,(H,15,16). The van der Waals surface area contributed by atoms with E-state index in [1.54, 1.807) is 0 Å². The summed E-state index contributed by atoms with van der Waals surface area (Å²) in [6, 6.07) is 7.70. The van der Waals surface area contributed by atoms with E-state index in [2.05, 4.69) is 16.4 Å². The van der Waals surface area contributed by atoms with Crippen LogP contribution >= 0.6 is 0 Å². The zero-order valence-corrected chi connectivity index (χ0v) is 9.32. The number of hydrogen-bond acceptors (Lipinski definition) is 4. The fraction of sp³-hybridized carbons (Fsp3) is 0.333. The number of oxazole rings is 1. The number of aromatic nitrogens is 1. The van der Waals surface area contributed by atoms with E-state index in [9.17, 15) is 4.79 Å². The van der Waals surface area contributed by atoms with Gasteiger partial charge in [0.15, 0.2) is 5.58 Å². The highest BCUT2D eigenvalue weighted by molar-refractivity contribution is 5.72. The Morgan fingerprint density at radius 3 is 3.18 bits per heavy atom. The summed E-state index contributed by atoms with van der Waals surface area (Å²) in [6.45, 7) is 1.51. The Labute approximate surface area is 98.1 Å². The molecule has 0 fully saturated rings. The van der Waals surface area contributed by atoms with Crippen LogP contribution < -0.4 is 11.1 Å². The molecule has 0 saturated carbocycles. The predicted molar refractivity (Wildman–Crippen MR) is 63.4 cm³/mol. The molecule has 5 heteroatoms. The summed E-state index contributed by atoms with van der Waals surface area (Å²) in [6.07, 6.45) is 1.41. The highest BCUT2D eigenvalue weighted by Gasteiger charge is 2.01. The minimum atomic E-state index is -0.431. The van der Waals surface area contributed by atoms with E-state index in [0.29, 0.717) is 24.1 Å². The van der Waals surface area contributed by atoms with Gasteiger partial charge in [0.05, 0.1) is 11.6 Å². The lowest BCUT2D eigenvalue weighted by atomic mass is 10.2. The fourth-order valence-corrected chi connectivity index (χ4v) is 1.62. The SMILES string of the molecule is N#CCCCNCc1ccc2[nH]c(=O)oc2c1. The molecule has 0 aliphatic heterocycles. The third kappa shape index (κ3) is 2.95. The van der Waals surface area contributed by atoms with Crippen LogP contribution in [0.25, 0.3) is 11.1 Å². The van der Waals surface area contributed by atoms with Crippen LogP contribution in [0, 0.1) is 11.3 Å². The molecule has 2 rings (SSSR count). The molecule has 1 aromatic heterocycles. The summed E-state index contributed by atoms with van der Waals surface area (Å²) in [5.41, 5.74) is 2.34. The molecule has 0 aliphatic rings. The molecule has 0 bridgehead atoms. The molecular weight excluding hydrogens is 218 g/mol. The van der Waals surface area contributed by atoms with Gasteiger partial charge in [-0.15, -0.1) is 0 Å². The summed E-state index contributed by atoms with van der Waals surface area (Å²) in [5.74, 6) is -0.431. The van der Waals surface area contributed by atoms with Crippen molar-refractivity contribution in [1.29, 1.82) is 5.26 Å². The van der Waals surface area contributed by atoms with Gasteiger partial charge in [-0.2, -0.15) is 5.26 Å². The van der Waals surface area contributed by atoms with Gasteiger partial charge >= 0.3 is 5.76 Å². The van der Waals surface area contributed by atoms with E-state index in [4.69, 9.17) is 9.68 Å². The summed E-state index contributed by atoms with van der Waals surface area (Å²) in [5, 5.41) is 11.6. The van der Waals surface area contributed by atoms with Crippen molar-refractivity contribution in [3.63, 3.8) is 0 Å². The number of rotatable bonds is 5. The van der Waals surface area contributed by atoms with Crippen molar-refractivity contribution in [3.8, 4) is 6.07 Å². The normalized spacial score (nSPS) is 10.5. The number of unbranched alkanes of at least 4 members (excludes halogenated alkanes) is 1. The van der Waals surface area contributed by atoms with Crippen molar-refractivity contribution >= 4 is 11.1 Å². The monoisotopic (exact) mass is 231 g/mol. The molecule has 5 nitrogen and oxygen atoms in total.